The Hall–Kier alpha value is -0.810. The molecule has 1 heterocycles. The molecule has 0 unspecified atom stereocenters. The second-order valence-electron chi connectivity index (χ2n) is 6.64. The van der Waals surface area contributed by atoms with Crippen LogP contribution in [-0.4, -0.2) is 24.0 Å². The average Bonchev–Trinajstić information content (AvgIpc) is 3.24. The van der Waals surface area contributed by atoms with E-state index in [2.05, 4.69) is 6.92 Å². The molecule has 3 aliphatic rings. The van der Waals surface area contributed by atoms with Gasteiger partial charge in [-0.2, -0.15) is 4.31 Å². The number of nitrogens with zero attached hydrogens (tertiary/aromatic N) is 1. The summed E-state index contributed by atoms with van der Waals surface area (Å²) in [6.45, 7) is 2.64. The lowest BCUT2D eigenvalue weighted by Crippen LogP contribution is -2.35. The van der Waals surface area contributed by atoms with Crippen LogP contribution in [0, 0.1) is 5.92 Å². The summed E-state index contributed by atoms with van der Waals surface area (Å²) in [5, 5.41) is -0.124. The highest BCUT2D eigenvalue weighted by atomic mass is 32.2. The molecule has 0 bridgehead atoms. The van der Waals surface area contributed by atoms with Crippen LogP contribution in [0.15, 0.2) is 16.5 Å². The minimum atomic E-state index is -3.10. The molecule has 2 atom stereocenters. The number of hydrogen-bond donors (Lipinski definition) is 0. The van der Waals surface area contributed by atoms with Crippen LogP contribution in [0.1, 0.15) is 56.5 Å². The van der Waals surface area contributed by atoms with E-state index in [1.807, 2.05) is 12.1 Å². The van der Waals surface area contributed by atoms with Crippen molar-refractivity contribution in [3.05, 3.63) is 23.7 Å². The summed E-state index contributed by atoms with van der Waals surface area (Å²) in [7, 11) is -3.10. The standard InChI is InChI=1S/C15H21NO3S/c1-10-8-14(10)15-7-4-12(19-15)9-16(11-2-3-11)20(17,18)13-5-6-13/h4,7,10-11,13-14H,2-3,5-6,8-9H2,1H3/t10-,14+/m0/s1. The Bertz CT molecular complexity index is 613. The van der Waals surface area contributed by atoms with Gasteiger partial charge in [-0.3, -0.25) is 0 Å². The smallest absolute Gasteiger partial charge is 0.217 e. The quantitative estimate of drug-likeness (QED) is 0.811. The van der Waals surface area contributed by atoms with Gasteiger partial charge in [-0.1, -0.05) is 6.92 Å². The zero-order chi connectivity index (χ0) is 13.9. The molecule has 110 valence electrons. The lowest BCUT2D eigenvalue weighted by Gasteiger charge is -2.20. The van der Waals surface area contributed by atoms with Gasteiger partial charge in [0, 0.05) is 12.0 Å². The largest absolute Gasteiger partial charge is 0.464 e. The molecule has 3 aliphatic carbocycles. The molecule has 3 fully saturated rings. The summed E-state index contributed by atoms with van der Waals surface area (Å²) in [6.07, 6.45) is 4.85. The normalized spacial score (nSPS) is 29.9. The molecular weight excluding hydrogens is 274 g/mol. The molecule has 0 amide bonds. The van der Waals surface area contributed by atoms with Crippen molar-refractivity contribution in [1.82, 2.24) is 4.31 Å². The van der Waals surface area contributed by atoms with Crippen molar-refractivity contribution in [3.63, 3.8) is 0 Å². The molecule has 3 saturated carbocycles. The number of hydrogen-bond acceptors (Lipinski definition) is 3. The molecule has 0 N–H and O–H groups in total. The van der Waals surface area contributed by atoms with Gasteiger partial charge in [-0.25, -0.2) is 8.42 Å². The summed E-state index contributed by atoms with van der Waals surface area (Å²) in [6, 6.07) is 4.20. The molecule has 5 heteroatoms. The van der Waals surface area contributed by atoms with Crippen molar-refractivity contribution >= 4 is 10.0 Å². The molecule has 0 spiro atoms. The van der Waals surface area contributed by atoms with E-state index in [-0.39, 0.29) is 11.3 Å². The second-order valence-corrected chi connectivity index (χ2v) is 8.81. The van der Waals surface area contributed by atoms with Crippen LogP contribution < -0.4 is 0 Å². The van der Waals surface area contributed by atoms with Crippen molar-refractivity contribution in [1.29, 1.82) is 0 Å². The van der Waals surface area contributed by atoms with Gasteiger partial charge in [0.15, 0.2) is 0 Å². The van der Waals surface area contributed by atoms with Crippen LogP contribution in [-0.2, 0) is 16.6 Å². The summed E-state index contributed by atoms with van der Waals surface area (Å²) < 4.78 is 32.5. The summed E-state index contributed by atoms with van der Waals surface area (Å²) in [5.41, 5.74) is 0. The van der Waals surface area contributed by atoms with Crippen molar-refractivity contribution in [2.45, 2.75) is 62.8 Å². The van der Waals surface area contributed by atoms with E-state index in [1.165, 1.54) is 6.42 Å². The van der Waals surface area contributed by atoms with Gasteiger partial charge in [0.05, 0.1) is 11.8 Å². The SMILES string of the molecule is C[C@H]1C[C@H]1c1ccc(CN(C2CC2)S(=O)(=O)C2CC2)o1. The Balaban J connectivity index is 1.52. The van der Waals surface area contributed by atoms with E-state index in [9.17, 15) is 8.42 Å². The van der Waals surface area contributed by atoms with Gasteiger partial charge in [-0.05, 0) is 50.2 Å². The summed E-state index contributed by atoms with van der Waals surface area (Å²) in [5.74, 6) is 3.10. The van der Waals surface area contributed by atoms with Crippen LogP contribution >= 0.6 is 0 Å². The summed E-state index contributed by atoms with van der Waals surface area (Å²) in [4.78, 5) is 0. The molecular formula is C15H21NO3S. The van der Waals surface area contributed by atoms with Gasteiger partial charge in [-0.15, -0.1) is 0 Å². The Kier molecular flexibility index (Phi) is 2.80. The van der Waals surface area contributed by atoms with E-state index < -0.39 is 10.0 Å². The van der Waals surface area contributed by atoms with Gasteiger partial charge in [0.2, 0.25) is 10.0 Å². The van der Waals surface area contributed by atoms with Crippen LogP contribution in [0.2, 0.25) is 0 Å². The minimum absolute atomic E-state index is 0.124. The average molecular weight is 295 g/mol. The van der Waals surface area contributed by atoms with Gasteiger partial charge < -0.3 is 4.42 Å². The van der Waals surface area contributed by atoms with Gasteiger partial charge in [0.1, 0.15) is 11.5 Å². The van der Waals surface area contributed by atoms with Crippen LogP contribution in [0.4, 0.5) is 0 Å². The fourth-order valence-corrected chi connectivity index (χ4v) is 4.95. The summed E-state index contributed by atoms with van der Waals surface area (Å²) >= 11 is 0. The highest BCUT2D eigenvalue weighted by Crippen LogP contribution is 2.47. The molecule has 1 aromatic rings. The minimum Gasteiger partial charge on any atom is -0.464 e. The van der Waals surface area contributed by atoms with Gasteiger partial charge >= 0.3 is 0 Å². The lowest BCUT2D eigenvalue weighted by molar-refractivity contribution is 0.347. The van der Waals surface area contributed by atoms with Crippen LogP contribution in [0.25, 0.3) is 0 Å². The highest BCUT2D eigenvalue weighted by Gasteiger charge is 2.46. The van der Waals surface area contributed by atoms with E-state index in [1.54, 1.807) is 4.31 Å². The zero-order valence-electron chi connectivity index (χ0n) is 11.8. The zero-order valence-corrected chi connectivity index (χ0v) is 12.6. The van der Waals surface area contributed by atoms with E-state index in [4.69, 9.17) is 4.42 Å². The predicted octanol–water partition coefficient (Wildman–Crippen LogP) is 2.86. The van der Waals surface area contributed by atoms with E-state index in [0.717, 1.165) is 37.2 Å². The molecule has 0 radical (unpaired) electrons. The Labute approximate surface area is 120 Å². The van der Waals surface area contributed by atoms with E-state index in [0.29, 0.717) is 18.4 Å². The molecule has 0 saturated heterocycles. The maximum atomic E-state index is 12.5. The molecule has 4 rings (SSSR count). The Morgan fingerprint density at radius 1 is 1.25 bits per heavy atom. The van der Waals surface area contributed by atoms with Crippen LogP contribution in [0.5, 0.6) is 0 Å². The maximum absolute atomic E-state index is 12.5. The second kappa shape index (κ2) is 4.34. The third-order valence-electron chi connectivity index (χ3n) is 4.70. The Morgan fingerprint density at radius 2 is 1.95 bits per heavy atom. The molecule has 20 heavy (non-hydrogen) atoms. The number of rotatable bonds is 6. The van der Waals surface area contributed by atoms with E-state index >= 15 is 0 Å². The van der Waals surface area contributed by atoms with Gasteiger partial charge in [0.25, 0.3) is 0 Å². The fourth-order valence-electron chi connectivity index (χ4n) is 2.90. The first-order chi connectivity index (χ1) is 9.55. The topological polar surface area (TPSA) is 50.5 Å². The molecule has 4 nitrogen and oxygen atoms in total. The molecule has 1 aromatic heterocycles. The highest BCUT2D eigenvalue weighted by molar-refractivity contribution is 7.90. The van der Waals surface area contributed by atoms with Crippen molar-refractivity contribution in [2.24, 2.45) is 5.92 Å². The molecule has 0 aromatic carbocycles. The first kappa shape index (κ1) is 12.9. The molecule has 0 aliphatic heterocycles. The number of furan rings is 1. The van der Waals surface area contributed by atoms with Crippen LogP contribution in [0.3, 0.4) is 0 Å². The monoisotopic (exact) mass is 295 g/mol. The van der Waals surface area contributed by atoms with Crippen molar-refractivity contribution in [2.75, 3.05) is 0 Å². The predicted molar refractivity (Wildman–Crippen MR) is 75.7 cm³/mol. The third-order valence-corrected chi connectivity index (χ3v) is 7.09. The Morgan fingerprint density at radius 3 is 2.50 bits per heavy atom. The maximum Gasteiger partial charge on any atom is 0.217 e. The lowest BCUT2D eigenvalue weighted by atomic mass is 10.3. The first-order valence-electron chi connectivity index (χ1n) is 7.65. The first-order valence-corrected chi connectivity index (χ1v) is 9.15. The fraction of sp³-hybridized carbons (Fsp3) is 0.733. The third kappa shape index (κ3) is 2.31. The number of sulfonamides is 1. The van der Waals surface area contributed by atoms with Crippen molar-refractivity contribution < 1.29 is 12.8 Å². The van der Waals surface area contributed by atoms with Crippen molar-refractivity contribution in [3.8, 4) is 0 Å².